The molecule has 1 aromatic carbocycles. The number of halogens is 1. The van der Waals surface area contributed by atoms with Crippen LogP contribution in [0.1, 0.15) is 6.42 Å². The third-order valence-electron chi connectivity index (χ3n) is 2.24. The zero-order chi connectivity index (χ0) is 13.4. The van der Waals surface area contributed by atoms with Crippen LogP contribution >= 0.6 is 11.6 Å². The van der Waals surface area contributed by atoms with Gasteiger partial charge in [0, 0.05) is 13.7 Å². The minimum absolute atomic E-state index is 0.258. The minimum atomic E-state index is -0.574. The maximum Gasteiger partial charge on any atom is 0.319 e. The average molecular weight is 273 g/mol. The van der Waals surface area contributed by atoms with Crippen LogP contribution in [0.25, 0.3) is 0 Å². The van der Waals surface area contributed by atoms with Crippen molar-refractivity contribution >= 4 is 23.3 Å². The lowest BCUT2D eigenvalue weighted by Crippen LogP contribution is -2.32. The number of amides is 2. The number of urea groups is 1. The maximum absolute atomic E-state index is 11.5. The summed E-state index contributed by atoms with van der Waals surface area (Å²) in [7, 11) is 1.51. The second-order valence-electron chi connectivity index (χ2n) is 3.76. The Morgan fingerprint density at radius 2 is 2.22 bits per heavy atom. The highest BCUT2D eigenvalue weighted by Crippen LogP contribution is 2.19. The molecule has 3 N–H and O–H groups in total. The van der Waals surface area contributed by atoms with Crippen molar-refractivity contribution < 1.29 is 14.6 Å². The molecule has 0 aliphatic carbocycles. The van der Waals surface area contributed by atoms with E-state index in [1.807, 2.05) is 0 Å². The molecule has 0 aliphatic heterocycles. The van der Waals surface area contributed by atoms with E-state index in [0.29, 0.717) is 23.7 Å². The summed E-state index contributed by atoms with van der Waals surface area (Å²) >= 11 is 5.90. The number of carbonyl (C=O) groups is 1. The van der Waals surface area contributed by atoms with Crippen LogP contribution in [0.5, 0.6) is 0 Å². The van der Waals surface area contributed by atoms with E-state index >= 15 is 0 Å². The van der Waals surface area contributed by atoms with Crippen LogP contribution < -0.4 is 10.6 Å². The third-order valence-corrected chi connectivity index (χ3v) is 2.57. The van der Waals surface area contributed by atoms with E-state index in [4.69, 9.17) is 16.3 Å². The molecule has 0 bridgehead atoms. The first kappa shape index (κ1) is 14.8. The number of hydrogen-bond acceptors (Lipinski definition) is 3. The van der Waals surface area contributed by atoms with Crippen LogP contribution in [-0.2, 0) is 4.74 Å². The lowest BCUT2D eigenvalue weighted by Gasteiger charge is -2.11. The van der Waals surface area contributed by atoms with Gasteiger partial charge in [-0.05, 0) is 18.6 Å². The second kappa shape index (κ2) is 7.92. The van der Waals surface area contributed by atoms with Gasteiger partial charge in [-0.25, -0.2) is 4.79 Å². The van der Waals surface area contributed by atoms with Crippen molar-refractivity contribution in [2.45, 2.75) is 12.5 Å². The highest BCUT2D eigenvalue weighted by molar-refractivity contribution is 6.33. The number of aliphatic hydroxyl groups excluding tert-OH is 1. The Morgan fingerprint density at radius 3 is 2.89 bits per heavy atom. The first-order chi connectivity index (χ1) is 8.63. The molecule has 5 nitrogen and oxygen atoms in total. The fraction of sp³-hybridized carbons (Fsp3) is 0.417. The lowest BCUT2D eigenvalue weighted by atomic mass is 10.3. The van der Waals surface area contributed by atoms with Gasteiger partial charge < -0.3 is 20.5 Å². The number of aliphatic hydroxyl groups is 1. The molecule has 0 radical (unpaired) electrons. The third kappa shape index (κ3) is 5.35. The highest BCUT2D eigenvalue weighted by Gasteiger charge is 2.06. The molecule has 6 heteroatoms. The first-order valence-electron chi connectivity index (χ1n) is 5.60. The summed E-state index contributed by atoms with van der Waals surface area (Å²) in [5.41, 5.74) is 0.550. The number of nitrogens with one attached hydrogen (secondary N) is 2. The molecule has 0 spiro atoms. The Bertz CT molecular complexity index is 387. The van der Waals surface area contributed by atoms with Crippen LogP contribution in [0.4, 0.5) is 10.5 Å². The average Bonchev–Trinajstić information content (AvgIpc) is 2.32. The minimum Gasteiger partial charge on any atom is -0.391 e. The van der Waals surface area contributed by atoms with E-state index < -0.39 is 6.10 Å². The molecule has 1 aromatic rings. The predicted molar refractivity (Wildman–Crippen MR) is 71.0 cm³/mol. The fourth-order valence-electron chi connectivity index (χ4n) is 1.36. The second-order valence-corrected chi connectivity index (χ2v) is 4.17. The molecule has 2 amide bonds. The maximum atomic E-state index is 11.5. The van der Waals surface area contributed by atoms with Gasteiger partial charge in [0.05, 0.1) is 23.4 Å². The van der Waals surface area contributed by atoms with E-state index in [9.17, 15) is 9.90 Å². The summed E-state index contributed by atoms with van der Waals surface area (Å²) in [4.78, 5) is 11.5. The summed E-state index contributed by atoms with van der Waals surface area (Å²) in [5, 5.41) is 15.1. The van der Waals surface area contributed by atoms with E-state index in [1.54, 1.807) is 24.3 Å². The zero-order valence-corrected chi connectivity index (χ0v) is 10.9. The predicted octanol–water partition coefficient (Wildman–Crippen LogP) is 1.86. The Hall–Kier alpha value is -1.30. The van der Waals surface area contributed by atoms with E-state index in [1.165, 1.54) is 7.11 Å². The van der Waals surface area contributed by atoms with E-state index in [-0.39, 0.29) is 12.6 Å². The van der Waals surface area contributed by atoms with Crippen LogP contribution in [0, 0.1) is 0 Å². The Kier molecular flexibility index (Phi) is 6.49. The number of anilines is 1. The fourth-order valence-corrected chi connectivity index (χ4v) is 1.54. The first-order valence-corrected chi connectivity index (χ1v) is 5.97. The van der Waals surface area contributed by atoms with Gasteiger partial charge in [0.1, 0.15) is 0 Å². The molecule has 1 rings (SSSR count). The summed E-state index contributed by atoms with van der Waals surface area (Å²) in [6, 6.07) is 6.62. The monoisotopic (exact) mass is 272 g/mol. The van der Waals surface area contributed by atoms with Crippen molar-refractivity contribution in [2.75, 3.05) is 25.6 Å². The SMILES string of the molecule is COCC(O)CCNC(=O)Nc1ccccc1Cl. The number of rotatable bonds is 6. The van der Waals surface area contributed by atoms with Crippen molar-refractivity contribution in [3.8, 4) is 0 Å². The molecule has 0 saturated heterocycles. The summed E-state index contributed by atoms with van der Waals surface area (Å²) in [6.45, 7) is 0.620. The normalized spacial score (nSPS) is 11.9. The van der Waals surface area contributed by atoms with E-state index in [2.05, 4.69) is 10.6 Å². The molecular weight excluding hydrogens is 256 g/mol. The van der Waals surface area contributed by atoms with Gasteiger partial charge in [-0.15, -0.1) is 0 Å². The molecule has 0 saturated carbocycles. The Morgan fingerprint density at radius 1 is 1.50 bits per heavy atom. The molecule has 0 aliphatic rings. The van der Waals surface area contributed by atoms with Gasteiger partial charge in [-0.2, -0.15) is 0 Å². The topological polar surface area (TPSA) is 70.6 Å². The van der Waals surface area contributed by atoms with Crippen molar-refractivity contribution in [3.05, 3.63) is 29.3 Å². The molecule has 0 aromatic heterocycles. The number of methoxy groups -OCH3 is 1. The van der Waals surface area contributed by atoms with E-state index in [0.717, 1.165) is 0 Å². The van der Waals surface area contributed by atoms with Crippen molar-refractivity contribution in [3.63, 3.8) is 0 Å². The Balaban J connectivity index is 2.28. The van der Waals surface area contributed by atoms with Gasteiger partial charge in [-0.3, -0.25) is 0 Å². The molecule has 18 heavy (non-hydrogen) atoms. The van der Waals surface area contributed by atoms with Gasteiger partial charge in [0.15, 0.2) is 0 Å². The number of hydrogen-bond donors (Lipinski definition) is 3. The Labute approximate surface area is 111 Å². The van der Waals surface area contributed by atoms with Crippen molar-refractivity contribution in [1.29, 1.82) is 0 Å². The summed E-state index contributed by atoms with van der Waals surface area (Å²) in [5.74, 6) is 0. The molecule has 100 valence electrons. The highest BCUT2D eigenvalue weighted by atomic mass is 35.5. The molecular formula is C12H17ClN2O3. The standard InChI is InChI=1S/C12H17ClN2O3/c1-18-8-9(16)6-7-14-12(17)15-11-5-3-2-4-10(11)13/h2-5,9,16H,6-8H2,1H3,(H2,14,15,17). The zero-order valence-electron chi connectivity index (χ0n) is 10.1. The summed E-state index contributed by atoms with van der Waals surface area (Å²) < 4.78 is 4.78. The van der Waals surface area contributed by atoms with Gasteiger partial charge in [-0.1, -0.05) is 23.7 Å². The molecule has 0 heterocycles. The smallest absolute Gasteiger partial charge is 0.319 e. The van der Waals surface area contributed by atoms with Crippen molar-refractivity contribution in [1.82, 2.24) is 5.32 Å². The summed E-state index contributed by atoms with van der Waals surface area (Å²) in [6.07, 6.45) is -0.139. The molecule has 0 fully saturated rings. The van der Waals surface area contributed by atoms with Crippen LogP contribution in [0.15, 0.2) is 24.3 Å². The molecule has 1 unspecified atom stereocenters. The van der Waals surface area contributed by atoms with Crippen molar-refractivity contribution in [2.24, 2.45) is 0 Å². The lowest BCUT2D eigenvalue weighted by molar-refractivity contribution is 0.0599. The number of benzene rings is 1. The van der Waals surface area contributed by atoms with Gasteiger partial charge >= 0.3 is 6.03 Å². The number of ether oxygens (including phenoxy) is 1. The van der Waals surface area contributed by atoms with Gasteiger partial charge in [0.2, 0.25) is 0 Å². The number of para-hydroxylation sites is 1. The van der Waals surface area contributed by atoms with Gasteiger partial charge in [0.25, 0.3) is 0 Å². The number of carbonyl (C=O) groups excluding carboxylic acids is 1. The van der Waals surface area contributed by atoms with Crippen LogP contribution in [0.3, 0.4) is 0 Å². The molecule has 1 atom stereocenters. The van der Waals surface area contributed by atoms with Crippen LogP contribution in [-0.4, -0.2) is 37.5 Å². The quantitative estimate of drug-likeness (QED) is 0.740. The van der Waals surface area contributed by atoms with Crippen LogP contribution in [0.2, 0.25) is 5.02 Å². The largest absolute Gasteiger partial charge is 0.391 e.